The van der Waals surface area contributed by atoms with Gasteiger partial charge in [-0.15, -0.1) is 24.8 Å². The standard InChI is InChI=1S/C20H29NO3.C15H21NO.2ClH/c1-14-9-8-10-15(2)16(14)13-18(22)17-11-6-7-12-21(17)19(23)24-20(3,4)5;1-11-6-5-7-12(2)13(11)10-15(17)14-8-3-4-9-16-14;;/h8-10,17H,6-7,11-13H2,1-5H3;5-7,14,16H,3-4,8-10H2,1-2H3;2*1H. The van der Waals surface area contributed by atoms with Crippen LogP contribution in [0.2, 0.25) is 0 Å². The Kier molecular flexibility index (Phi) is 16.0. The van der Waals surface area contributed by atoms with E-state index in [9.17, 15) is 14.4 Å². The number of ether oxygens (including phenoxy) is 1. The molecule has 0 saturated carbocycles. The lowest BCUT2D eigenvalue weighted by Gasteiger charge is -2.36. The molecule has 2 aromatic carbocycles. The van der Waals surface area contributed by atoms with Crippen molar-refractivity contribution in [1.29, 1.82) is 0 Å². The van der Waals surface area contributed by atoms with Crippen molar-refractivity contribution < 1.29 is 19.1 Å². The summed E-state index contributed by atoms with van der Waals surface area (Å²) in [4.78, 5) is 39.2. The molecule has 0 aliphatic carbocycles. The highest BCUT2D eigenvalue weighted by molar-refractivity contribution is 5.90. The average Bonchev–Trinajstić information content (AvgIpc) is 2.92. The minimum atomic E-state index is -0.547. The van der Waals surface area contributed by atoms with E-state index in [1.165, 1.54) is 29.5 Å². The molecule has 6 nitrogen and oxygen atoms in total. The molecule has 0 aromatic heterocycles. The number of carbonyl (C=O) groups is 3. The van der Waals surface area contributed by atoms with Gasteiger partial charge in [0.2, 0.25) is 0 Å². The highest BCUT2D eigenvalue weighted by Gasteiger charge is 2.34. The molecule has 240 valence electrons. The van der Waals surface area contributed by atoms with Crippen LogP contribution in [0.5, 0.6) is 0 Å². The van der Waals surface area contributed by atoms with Gasteiger partial charge in [-0.1, -0.05) is 42.8 Å². The molecule has 0 radical (unpaired) electrons. The second-order valence-electron chi connectivity index (χ2n) is 12.7. The summed E-state index contributed by atoms with van der Waals surface area (Å²) < 4.78 is 5.49. The molecule has 43 heavy (non-hydrogen) atoms. The Hall–Kier alpha value is -2.41. The SMILES string of the molecule is Cc1cccc(C)c1CC(=O)C1CCCCN1.Cc1cccc(C)c1CC(=O)C1CCCCN1C(=O)OC(C)(C)C.Cl.Cl. The Balaban J connectivity index is 0.000000432. The normalized spacial score (nSPS) is 18.3. The Labute approximate surface area is 271 Å². The van der Waals surface area contributed by atoms with Gasteiger partial charge in [0.1, 0.15) is 5.60 Å². The van der Waals surface area contributed by atoms with Crippen LogP contribution < -0.4 is 5.32 Å². The molecule has 1 N–H and O–H groups in total. The molecule has 2 heterocycles. The zero-order chi connectivity index (χ0) is 30.2. The van der Waals surface area contributed by atoms with Gasteiger partial charge in [0, 0.05) is 19.4 Å². The number of halogens is 2. The number of hydrogen-bond acceptors (Lipinski definition) is 5. The quantitative estimate of drug-likeness (QED) is 0.354. The molecule has 4 rings (SSSR count). The van der Waals surface area contributed by atoms with Crippen LogP contribution in [0.4, 0.5) is 4.79 Å². The Morgan fingerprint density at radius 1 is 0.767 bits per heavy atom. The number of rotatable bonds is 6. The highest BCUT2D eigenvalue weighted by Crippen LogP contribution is 2.24. The first kappa shape index (κ1) is 38.6. The maximum absolute atomic E-state index is 12.9. The van der Waals surface area contributed by atoms with E-state index in [4.69, 9.17) is 4.74 Å². The van der Waals surface area contributed by atoms with Crippen LogP contribution in [0.3, 0.4) is 0 Å². The average molecular weight is 636 g/mol. The van der Waals surface area contributed by atoms with Gasteiger partial charge in [0.25, 0.3) is 0 Å². The first-order valence-electron chi connectivity index (χ1n) is 15.3. The summed E-state index contributed by atoms with van der Waals surface area (Å²) in [5.41, 5.74) is 6.46. The predicted molar refractivity (Wildman–Crippen MR) is 180 cm³/mol. The number of piperidine rings is 2. The third-order valence-corrected chi connectivity index (χ3v) is 8.19. The summed E-state index contributed by atoms with van der Waals surface area (Å²) in [6.45, 7) is 15.4. The number of aryl methyl sites for hydroxylation is 4. The number of nitrogens with zero attached hydrogens (tertiary/aromatic N) is 1. The second kappa shape index (κ2) is 17.8. The molecule has 2 aromatic rings. The Bertz CT molecular complexity index is 1180. The lowest BCUT2D eigenvalue weighted by atomic mass is 9.91. The lowest BCUT2D eigenvalue weighted by Crippen LogP contribution is -2.50. The monoisotopic (exact) mass is 634 g/mol. The maximum atomic E-state index is 12.9. The predicted octanol–water partition coefficient (Wildman–Crippen LogP) is 7.61. The minimum absolute atomic E-state index is 0. The summed E-state index contributed by atoms with van der Waals surface area (Å²) >= 11 is 0. The van der Waals surface area contributed by atoms with Crippen molar-refractivity contribution in [2.75, 3.05) is 13.1 Å². The van der Waals surface area contributed by atoms with E-state index in [1.54, 1.807) is 4.90 Å². The van der Waals surface area contributed by atoms with Gasteiger partial charge in [0.05, 0.1) is 12.1 Å². The van der Waals surface area contributed by atoms with Crippen LogP contribution in [0, 0.1) is 27.7 Å². The zero-order valence-electron chi connectivity index (χ0n) is 27.1. The molecule has 2 atom stereocenters. The first-order chi connectivity index (χ1) is 19.4. The Morgan fingerprint density at radius 2 is 1.26 bits per heavy atom. The lowest BCUT2D eigenvalue weighted by molar-refractivity contribution is -0.124. The molecular weight excluding hydrogens is 583 g/mol. The molecule has 2 aliphatic heterocycles. The smallest absolute Gasteiger partial charge is 0.410 e. The number of ketones is 2. The van der Waals surface area contributed by atoms with Crippen LogP contribution in [0.1, 0.15) is 92.7 Å². The van der Waals surface area contributed by atoms with Crippen molar-refractivity contribution in [3.8, 4) is 0 Å². The topological polar surface area (TPSA) is 75.7 Å². The third kappa shape index (κ3) is 11.6. The van der Waals surface area contributed by atoms with E-state index in [0.29, 0.717) is 25.2 Å². The van der Waals surface area contributed by atoms with Gasteiger partial charge < -0.3 is 10.1 Å². The van der Waals surface area contributed by atoms with E-state index < -0.39 is 5.60 Å². The molecule has 2 aliphatic rings. The van der Waals surface area contributed by atoms with E-state index >= 15 is 0 Å². The van der Waals surface area contributed by atoms with Crippen LogP contribution >= 0.6 is 24.8 Å². The van der Waals surface area contributed by atoms with Gasteiger partial charge in [0.15, 0.2) is 11.6 Å². The Morgan fingerprint density at radius 3 is 1.72 bits per heavy atom. The van der Waals surface area contributed by atoms with Gasteiger partial charge in [-0.3, -0.25) is 14.5 Å². The third-order valence-electron chi connectivity index (χ3n) is 8.19. The van der Waals surface area contributed by atoms with E-state index in [0.717, 1.165) is 48.9 Å². The van der Waals surface area contributed by atoms with Crippen LogP contribution in [0.25, 0.3) is 0 Å². The van der Waals surface area contributed by atoms with E-state index in [2.05, 4.69) is 37.4 Å². The minimum Gasteiger partial charge on any atom is -0.444 e. The fourth-order valence-electron chi connectivity index (χ4n) is 5.78. The number of benzene rings is 2. The van der Waals surface area contributed by atoms with Crippen LogP contribution in [-0.4, -0.2) is 53.3 Å². The highest BCUT2D eigenvalue weighted by atomic mass is 35.5. The maximum Gasteiger partial charge on any atom is 0.410 e. The number of nitrogens with one attached hydrogen (secondary N) is 1. The molecule has 2 unspecified atom stereocenters. The van der Waals surface area contributed by atoms with Gasteiger partial charge >= 0.3 is 6.09 Å². The number of amides is 1. The summed E-state index contributed by atoms with van der Waals surface area (Å²) in [5, 5.41) is 3.33. The number of hydrogen-bond donors (Lipinski definition) is 1. The van der Waals surface area contributed by atoms with Crippen molar-refractivity contribution in [2.24, 2.45) is 0 Å². The van der Waals surface area contributed by atoms with Crippen LogP contribution in [0.15, 0.2) is 36.4 Å². The van der Waals surface area contributed by atoms with Crippen molar-refractivity contribution in [1.82, 2.24) is 10.2 Å². The van der Waals surface area contributed by atoms with Crippen LogP contribution in [-0.2, 0) is 27.2 Å². The zero-order valence-corrected chi connectivity index (χ0v) is 28.7. The van der Waals surface area contributed by atoms with Crippen molar-refractivity contribution in [2.45, 2.75) is 118 Å². The number of carbonyl (C=O) groups excluding carboxylic acids is 3. The fourth-order valence-corrected chi connectivity index (χ4v) is 5.78. The van der Waals surface area contributed by atoms with E-state index in [1.807, 2.05) is 52.8 Å². The van der Waals surface area contributed by atoms with Gasteiger partial charge in [-0.05, 0) is 120 Å². The molecule has 1 amide bonds. The van der Waals surface area contributed by atoms with Gasteiger partial charge in [-0.25, -0.2) is 4.79 Å². The number of likely N-dealkylation sites (tertiary alicyclic amines) is 1. The molecule has 2 fully saturated rings. The van der Waals surface area contributed by atoms with Crippen molar-refractivity contribution in [3.05, 3.63) is 69.8 Å². The van der Waals surface area contributed by atoms with Crippen molar-refractivity contribution in [3.63, 3.8) is 0 Å². The van der Waals surface area contributed by atoms with Gasteiger partial charge in [-0.2, -0.15) is 0 Å². The molecule has 2 saturated heterocycles. The van der Waals surface area contributed by atoms with E-state index in [-0.39, 0.29) is 48.8 Å². The summed E-state index contributed by atoms with van der Waals surface area (Å²) in [6.07, 6.45) is 6.59. The summed E-state index contributed by atoms with van der Waals surface area (Å²) in [5.74, 6) is 0.458. The largest absolute Gasteiger partial charge is 0.444 e. The fraction of sp³-hybridized carbons (Fsp3) is 0.571. The number of Topliss-reactive ketones (excluding diaryl/α,β-unsaturated/α-hetero) is 2. The summed E-state index contributed by atoms with van der Waals surface area (Å²) in [7, 11) is 0. The summed E-state index contributed by atoms with van der Waals surface area (Å²) in [6, 6.07) is 12.0. The molecule has 0 bridgehead atoms. The first-order valence-corrected chi connectivity index (χ1v) is 15.3. The molecule has 8 heteroatoms. The second-order valence-corrected chi connectivity index (χ2v) is 12.7. The van der Waals surface area contributed by atoms with Crippen molar-refractivity contribution >= 4 is 42.5 Å². The molecular formula is C35H52Cl2N2O4. The molecule has 0 spiro atoms.